The number of allylic oxidation sites excluding steroid dienone is 4. The van der Waals surface area contributed by atoms with Crippen LogP contribution in [0.2, 0.25) is 0 Å². The van der Waals surface area contributed by atoms with Gasteiger partial charge in [-0.2, -0.15) is 10.5 Å². The van der Waals surface area contributed by atoms with Gasteiger partial charge in [0, 0.05) is 32.8 Å². The summed E-state index contributed by atoms with van der Waals surface area (Å²) in [6.07, 6.45) is 5.30. The second kappa shape index (κ2) is 11.3. The summed E-state index contributed by atoms with van der Waals surface area (Å²) < 4.78 is 4.59. The van der Waals surface area contributed by atoms with Crippen molar-refractivity contribution in [2.45, 2.75) is 13.3 Å². The number of fused-ring (bicyclic) bond motifs is 6. The van der Waals surface area contributed by atoms with Gasteiger partial charge in [0.15, 0.2) is 0 Å². The molecule has 8 aromatic rings. The maximum Gasteiger partial charge on any atom is 0.0998 e. The van der Waals surface area contributed by atoms with Crippen LogP contribution >= 0.6 is 0 Å². The second-order valence-electron chi connectivity index (χ2n) is 12.8. The third-order valence-corrected chi connectivity index (χ3v) is 10.1. The molecule has 49 heavy (non-hydrogen) atoms. The van der Waals surface area contributed by atoms with E-state index in [-0.39, 0.29) is 5.92 Å². The van der Waals surface area contributed by atoms with Gasteiger partial charge in [-0.15, -0.1) is 0 Å². The predicted octanol–water partition coefficient (Wildman–Crippen LogP) is 11.1. The Hall–Kier alpha value is -6.62. The molecular formula is C45H30N4. The van der Waals surface area contributed by atoms with Crippen LogP contribution in [0.3, 0.4) is 0 Å². The Labute approximate surface area is 284 Å². The van der Waals surface area contributed by atoms with Gasteiger partial charge >= 0.3 is 0 Å². The van der Waals surface area contributed by atoms with Crippen LogP contribution in [0.25, 0.3) is 66.1 Å². The second-order valence-corrected chi connectivity index (χ2v) is 12.8. The zero-order valence-corrected chi connectivity index (χ0v) is 26.9. The molecule has 0 fully saturated rings. The lowest BCUT2D eigenvalue weighted by molar-refractivity contribution is 0.769. The average Bonchev–Trinajstić information content (AvgIpc) is 3.68. The van der Waals surface area contributed by atoms with Crippen LogP contribution in [0.4, 0.5) is 0 Å². The molecule has 0 saturated carbocycles. The molecule has 0 radical (unpaired) electrons. The lowest BCUT2D eigenvalue weighted by Crippen LogP contribution is -2.10. The first-order chi connectivity index (χ1) is 24.2. The minimum absolute atomic E-state index is 0.177. The average molecular weight is 627 g/mol. The fourth-order valence-electron chi connectivity index (χ4n) is 7.95. The minimum Gasteiger partial charge on any atom is -0.309 e. The molecule has 1 unspecified atom stereocenters. The minimum atomic E-state index is 0.177. The van der Waals surface area contributed by atoms with Crippen molar-refractivity contribution in [1.29, 1.82) is 10.5 Å². The molecule has 9 rings (SSSR count). The van der Waals surface area contributed by atoms with Gasteiger partial charge in [-0.25, -0.2) is 0 Å². The van der Waals surface area contributed by atoms with E-state index in [1.54, 1.807) is 0 Å². The summed E-state index contributed by atoms with van der Waals surface area (Å²) >= 11 is 0. The quantitative estimate of drug-likeness (QED) is 0.195. The van der Waals surface area contributed by atoms with E-state index in [1.807, 2.05) is 30.3 Å². The number of hydrogen-bond acceptors (Lipinski definition) is 2. The van der Waals surface area contributed by atoms with Gasteiger partial charge < -0.3 is 9.13 Å². The molecule has 6 aromatic carbocycles. The van der Waals surface area contributed by atoms with Crippen LogP contribution in [0.5, 0.6) is 0 Å². The smallest absolute Gasteiger partial charge is 0.0998 e. The SMILES string of the molecule is CC1CC(c2cccc(-n3c4ccccc4c4c(C#N)cccc43)c2)=CC=C1c1c(C#N)cccc1-n1c2ccccc2c2ccccc21. The van der Waals surface area contributed by atoms with E-state index in [9.17, 15) is 10.5 Å². The van der Waals surface area contributed by atoms with E-state index in [1.165, 1.54) is 27.5 Å². The monoisotopic (exact) mass is 626 g/mol. The van der Waals surface area contributed by atoms with Crippen molar-refractivity contribution in [3.8, 4) is 23.5 Å². The molecule has 0 N–H and O–H groups in total. The maximum absolute atomic E-state index is 10.4. The van der Waals surface area contributed by atoms with Crippen molar-refractivity contribution in [3.63, 3.8) is 0 Å². The number of nitrogens with zero attached hydrogens (tertiary/aromatic N) is 4. The van der Waals surface area contributed by atoms with E-state index in [4.69, 9.17) is 0 Å². The first kappa shape index (κ1) is 28.6. The first-order valence-electron chi connectivity index (χ1n) is 16.6. The Bertz CT molecular complexity index is 2740. The molecule has 0 saturated heterocycles. The molecule has 4 nitrogen and oxygen atoms in total. The van der Waals surface area contributed by atoms with Gasteiger partial charge in [0.1, 0.15) is 0 Å². The highest BCUT2D eigenvalue weighted by Gasteiger charge is 2.25. The number of para-hydroxylation sites is 3. The van der Waals surface area contributed by atoms with Crippen LogP contribution in [-0.4, -0.2) is 9.13 Å². The highest BCUT2D eigenvalue weighted by atomic mass is 15.0. The first-order valence-corrected chi connectivity index (χ1v) is 16.6. The van der Waals surface area contributed by atoms with Gasteiger partial charge in [0.2, 0.25) is 0 Å². The van der Waals surface area contributed by atoms with Gasteiger partial charge in [-0.3, -0.25) is 0 Å². The van der Waals surface area contributed by atoms with Crippen LogP contribution < -0.4 is 0 Å². The van der Waals surface area contributed by atoms with Crippen LogP contribution in [-0.2, 0) is 0 Å². The van der Waals surface area contributed by atoms with Crippen LogP contribution in [0.15, 0.2) is 146 Å². The Morgan fingerprint density at radius 3 is 1.86 bits per heavy atom. The van der Waals surface area contributed by atoms with Gasteiger partial charge in [-0.1, -0.05) is 97.9 Å². The fourth-order valence-corrected chi connectivity index (χ4v) is 7.95. The lowest BCUT2D eigenvalue weighted by Gasteiger charge is -2.26. The highest BCUT2D eigenvalue weighted by molar-refractivity contribution is 6.12. The van der Waals surface area contributed by atoms with Crippen molar-refractivity contribution in [1.82, 2.24) is 9.13 Å². The zero-order chi connectivity index (χ0) is 33.1. The van der Waals surface area contributed by atoms with E-state index in [2.05, 4.69) is 143 Å². The molecule has 0 bridgehead atoms. The molecule has 1 aliphatic rings. The van der Waals surface area contributed by atoms with E-state index >= 15 is 0 Å². The number of hydrogen-bond donors (Lipinski definition) is 0. The number of nitriles is 2. The summed E-state index contributed by atoms with van der Waals surface area (Å²) in [5, 5.41) is 24.8. The molecule has 1 atom stereocenters. The van der Waals surface area contributed by atoms with E-state index in [0.717, 1.165) is 56.2 Å². The summed E-state index contributed by atoms with van der Waals surface area (Å²) in [6.45, 7) is 2.27. The summed E-state index contributed by atoms with van der Waals surface area (Å²) in [6, 6.07) is 51.0. The Morgan fingerprint density at radius 2 is 1.16 bits per heavy atom. The maximum atomic E-state index is 10.4. The number of aromatic nitrogens is 2. The van der Waals surface area contributed by atoms with Gasteiger partial charge in [0.05, 0.1) is 51.0 Å². The summed E-state index contributed by atoms with van der Waals surface area (Å²) in [5.74, 6) is 0.177. The van der Waals surface area contributed by atoms with Crippen molar-refractivity contribution in [2.24, 2.45) is 5.92 Å². The Kier molecular flexibility index (Phi) is 6.57. The topological polar surface area (TPSA) is 57.4 Å². The van der Waals surface area contributed by atoms with E-state index < -0.39 is 0 Å². The van der Waals surface area contributed by atoms with Crippen molar-refractivity contribution in [3.05, 3.63) is 168 Å². The molecular weight excluding hydrogens is 597 g/mol. The third-order valence-electron chi connectivity index (χ3n) is 10.1. The molecule has 2 aromatic heterocycles. The number of benzene rings is 6. The summed E-state index contributed by atoms with van der Waals surface area (Å²) in [4.78, 5) is 0. The standard InChI is InChI=1S/C45H30N4/c1-29-25-31(30-11-8-14-34(26-30)48-41-20-7-4-17-38(41)45-33(28-47)13-9-21-42(45)48)23-24-35(29)44-32(27-46)12-10-22-43(44)49-39-18-5-2-15-36(39)37-16-3-6-19-40(37)49/h2-24,26,29H,25H2,1H3. The zero-order valence-electron chi connectivity index (χ0n) is 26.9. The van der Waals surface area contributed by atoms with E-state index in [0.29, 0.717) is 11.1 Å². The van der Waals surface area contributed by atoms with Gasteiger partial charge in [-0.05, 0) is 83.6 Å². The normalized spacial score (nSPS) is 14.6. The third kappa shape index (κ3) is 4.36. The lowest BCUT2D eigenvalue weighted by atomic mass is 9.80. The highest BCUT2D eigenvalue weighted by Crippen LogP contribution is 2.42. The molecule has 1 aliphatic carbocycles. The molecule has 4 heteroatoms. The largest absolute Gasteiger partial charge is 0.309 e. The molecule has 230 valence electrons. The summed E-state index contributed by atoms with van der Waals surface area (Å²) in [7, 11) is 0. The van der Waals surface area contributed by atoms with Crippen LogP contribution in [0, 0.1) is 28.6 Å². The van der Waals surface area contributed by atoms with Crippen molar-refractivity contribution in [2.75, 3.05) is 0 Å². The van der Waals surface area contributed by atoms with Crippen molar-refractivity contribution >= 4 is 54.8 Å². The summed E-state index contributed by atoms with van der Waals surface area (Å²) in [5.41, 5.74) is 12.4. The number of rotatable bonds is 4. The Balaban J connectivity index is 1.19. The Morgan fingerprint density at radius 1 is 0.571 bits per heavy atom. The van der Waals surface area contributed by atoms with Gasteiger partial charge in [0.25, 0.3) is 0 Å². The fraction of sp³-hybridized carbons (Fsp3) is 0.0667. The van der Waals surface area contributed by atoms with Crippen LogP contribution in [0.1, 0.15) is 35.6 Å². The predicted molar refractivity (Wildman–Crippen MR) is 201 cm³/mol. The molecule has 0 spiro atoms. The van der Waals surface area contributed by atoms with Crippen molar-refractivity contribution < 1.29 is 0 Å². The molecule has 2 heterocycles. The molecule has 0 amide bonds. The molecule has 0 aliphatic heterocycles.